The monoisotopic (exact) mass is 269 g/mol. The van der Waals surface area contributed by atoms with Crippen molar-refractivity contribution in [3.8, 4) is 5.75 Å². The van der Waals surface area contributed by atoms with Gasteiger partial charge in [0.25, 0.3) is 0 Å². The quantitative estimate of drug-likeness (QED) is 0.857. The van der Waals surface area contributed by atoms with Crippen molar-refractivity contribution in [2.75, 3.05) is 6.61 Å². The van der Waals surface area contributed by atoms with E-state index in [0.717, 1.165) is 29.7 Å². The zero-order valence-corrected chi connectivity index (χ0v) is 12.3. The van der Waals surface area contributed by atoms with E-state index in [4.69, 9.17) is 10.5 Å². The summed E-state index contributed by atoms with van der Waals surface area (Å²) in [6.45, 7) is 4.94. The molecular formula is C18H23NO. The summed E-state index contributed by atoms with van der Waals surface area (Å²) in [6.07, 6.45) is 1.81. The van der Waals surface area contributed by atoms with E-state index in [1.165, 1.54) is 0 Å². The molecule has 2 aromatic rings. The summed E-state index contributed by atoms with van der Waals surface area (Å²) in [6, 6.07) is 18.3. The highest BCUT2D eigenvalue weighted by Gasteiger charge is 2.30. The molecule has 0 bridgehead atoms. The number of para-hydroxylation sites is 1. The third-order valence-electron chi connectivity index (χ3n) is 3.68. The van der Waals surface area contributed by atoms with E-state index < -0.39 is 5.54 Å². The SMILES string of the molecule is CCCOc1ccccc1C(N)(CC)c1ccccc1. The standard InChI is InChI=1S/C18H23NO/c1-3-14-20-17-13-9-8-12-16(17)18(19,4-2)15-10-6-5-7-11-15/h5-13H,3-4,14,19H2,1-2H3. The molecule has 2 aromatic carbocycles. The predicted molar refractivity (Wildman–Crippen MR) is 83.9 cm³/mol. The highest BCUT2D eigenvalue weighted by Crippen LogP contribution is 2.36. The van der Waals surface area contributed by atoms with E-state index in [9.17, 15) is 0 Å². The van der Waals surface area contributed by atoms with Gasteiger partial charge in [-0.05, 0) is 24.5 Å². The molecule has 0 saturated heterocycles. The fourth-order valence-corrected chi connectivity index (χ4v) is 2.46. The first kappa shape index (κ1) is 14.6. The molecular weight excluding hydrogens is 246 g/mol. The molecule has 0 aliphatic heterocycles. The summed E-state index contributed by atoms with van der Waals surface area (Å²) in [5.41, 5.74) is 8.40. The first-order valence-electron chi connectivity index (χ1n) is 7.29. The van der Waals surface area contributed by atoms with E-state index >= 15 is 0 Å². The molecule has 20 heavy (non-hydrogen) atoms. The van der Waals surface area contributed by atoms with Crippen LogP contribution in [-0.2, 0) is 5.54 Å². The molecule has 0 heterocycles. The first-order chi connectivity index (χ1) is 9.72. The Morgan fingerprint density at radius 2 is 1.60 bits per heavy atom. The lowest BCUT2D eigenvalue weighted by Crippen LogP contribution is -2.37. The van der Waals surface area contributed by atoms with Crippen LogP contribution in [0.1, 0.15) is 37.8 Å². The van der Waals surface area contributed by atoms with Gasteiger partial charge in [-0.25, -0.2) is 0 Å². The van der Waals surface area contributed by atoms with Crippen molar-refractivity contribution in [2.24, 2.45) is 5.73 Å². The Labute approximate surface area is 121 Å². The topological polar surface area (TPSA) is 35.2 Å². The van der Waals surface area contributed by atoms with Gasteiger partial charge in [0.2, 0.25) is 0 Å². The number of rotatable bonds is 6. The summed E-state index contributed by atoms with van der Waals surface area (Å²) >= 11 is 0. The van der Waals surface area contributed by atoms with Crippen molar-refractivity contribution in [3.63, 3.8) is 0 Å². The molecule has 0 saturated carbocycles. The maximum atomic E-state index is 6.73. The van der Waals surface area contributed by atoms with E-state index in [2.05, 4.69) is 32.0 Å². The summed E-state index contributed by atoms with van der Waals surface area (Å²) < 4.78 is 5.88. The molecule has 0 aliphatic carbocycles. The van der Waals surface area contributed by atoms with Crippen LogP contribution in [0.2, 0.25) is 0 Å². The number of ether oxygens (including phenoxy) is 1. The van der Waals surface area contributed by atoms with Crippen LogP contribution in [0.4, 0.5) is 0 Å². The van der Waals surface area contributed by atoms with Gasteiger partial charge in [-0.15, -0.1) is 0 Å². The number of hydrogen-bond donors (Lipinski definition) is 1. The highest BCUT2D eigenvalue weighted by atomic mass is 16.5. The van der Waals surface area contributed by atoms with E-state index in [1.807, 2.05) is 36.4 Å². The van der Waals surface area contributed by atoms with Crippen molar-refractivity contribution in [3.05, 3.63) is 65.7 Å². The summed E-state index contributed by atoms with van der Waals surface area (Å²) in [5.74, 6) is 0.891. The van der Waals surface area contributed by atoms with Gasteiger partial charge in [-0.3, -0.25) is 0 Å². The molecule has 2 heteroatoms. The lowest BCUT2D eigenvalue weighted by atomic mass is 9.81. The fourth-order valence-electron chi connectivity index (χ4n) is 2.46. The number of benzene rings is 2. The average Bonchev–Trinajstić information content (AvgIpc) is 2.53. The van der Waals surface area contributed by atoms with Gasteiger partial charge < -0.3 is 10.5 Å². The molecule has 0 aromatic heterocycles. The fraction of sp³-hybridized carbons (Fsp3) is 0.333. The second kappa shape index (κ2) is 6.58. The maximum absolute atomic E-state index is 6.73. The molecule has 2 N–H and O–H groups in total. The Bertz CT molecular complexity index is 538. The molecule has 0 aliphatic rings. The van der Waals surface area contributed by atoms with Crippen LogP contribution in [0.5, 0.6) is 5.75 Å². The Balaban J connectivity index is 2.46. The maximum Gasteiger partial charge on any atom is 0.124 e. The second-order valence-electron chi connectivity index (χ2n) is 5.04. The molecule has 106 valence electrons. The van der Waals surface area contributed by atoms with Crippen LogP contribution in [0.15, 0.2) is 54.6 Å². The van der Waals surface area contributed by atoms with Crippen molar-refractivity contribution in [1.29, 1.82) is 0 Å². The third-order valence-corrected chi connectivity index (χ3v) is 3.68. The minimum atomic E-state index is -0.508. The minimum absolute atomic E-state index is 0.508. The van der Waals surface area contributed by atoms with Gasteiger partial charge in [-0.1, -0.05) is 62.4 Å². The lowest BCUT2D eigenvalue weighted by Gasteiger charge is -2.31. The molecule has 2 nitrogen and oxygen atoms in total. The zero-order chi connectivity index (χ0) is 14.4. The molecule has 1 unspecified atom stereocenters. The molecule has 0 radical (unpaired) electrons. The van der Waals surface area contributed by atoms with Crippen molar-refractivity contribution in [1.82, 2.24) is 0 Å². The molecule has 1 atom stereocenters. The average molecular weight is 269 g/mol. The second-order valence-corrected chi connectivity index (χ2v) is 5.04. The van der Waals surface area contributed by atoms with Gasteiger partial charge in [0.05, 0.1) is 12.1 Å². The normalized spacial score (nSPS) is 13.8. The largest absolute Gasteiger partial charge is 0.493 e. The predicted octanol–water partition coefficient (Wildman–Crippen LogP) is 4.09. The van der Waals surface area contributed by atoms with E-state index in [-0.39, 0.29) is 0 Å². The third kappa shape index (κ3) is 2.86. The molecule has 0 fully saturated rings. The smallest absolute Gasteiger partial charge is 0.124 e. The summed E-state index contributed by atoms with van der Waals surface area (Å²) in [4.78, 5) is 0. The van der Waals surface area contributed by atoms with Gasteiger partial charge >= 0.3 is 0 Å². The van der Waals surface area contributed by atoms with Crippen molar-refractivity contribution < 1.29 is 4.74 Å². The molecule has 0 spiro atoms. The molecule has 0 amide bonds. The van der Waals surface area contributed by atoms with Crippen molar-refractivity contribution >= 4 is 0 Å². The summed E-state index contributed by atoms with van der Waals surface area (Å²) in [5, 5.41) is 0. The number of hydrogen-bond acceptors (Lipinski definition) is 2. The molecule has 2 rings (SSSR count). The minimum Gasteiger partial charge on any atom is -0.493 e. The van der Waals surface area contributed by atoms with E-state index in [0.29, 0.717) is 6.61 Å². The van der Waals surface area contributed by atoms with Crippen molar-refractivity contribution in [2.45, 2.75) is 32.2 Å². The van der Waals surface area contributed by atoms with Crippen LogP contribution >= 0.6 is 0 Å². The van der Waals surface area contributed by atoms with Crippen LogP contribution in [0.3, 0.4) is 0 Å². The van der Waals surface area contributed by atoms with E-state index in [1.54, 1.807) is 0 Å². The Kier molecular flexibility index (Phi) is 4.80. The first-order valence-corrected chi connectivity index (χ1v) is 7.29. The van der Waals surface area contributed by atoms with Crippen LogP contribution in [0.25, 0.3) is 0 Å². The van der Waals surface area contributed by atoms with Crippen LogP contribution in [-0.4, -0.2) is 6.61 Å². The van der Waals surface area contributed by atoms with Crippen LogP contribution < -0.4 is 10.5 Å². The van der Waals surface area contributed by atoms with Gasteiger partial charge in [-0.2, -0.15) is 0 Å². The van der Waals surface area contributed by atoms with Crippen LogP contribution in [0, 0.1) is 0 Å². The Morgan fingerprint density at radius 3 is 2.25 bits per heavy atom. The number of nitrogens with two attached hydrogens (primary N) is 1. The highest BCUT2D eigenvalue weighted by molar-refractivity contribution is 5.46. The summed E-state index contributed by atoms with van der Waals surface area (Å²) in [7, 11) is 0. The van der Waals surface area contributed by atoms with Gasteiger partial charge in [0.1, 0.15) is 5.75 Å². The van der Waals surface area contributed by atoms with Gasteiger partial charge in [0.15, 0.2) is 0 Å². The Hall–Kier alpha value is -1.80. The van der Waals surface area contributed by atoms with Gasteiger partial charge in [0, 0.05) is 5.56 Å². The lowest BCUT2D eigenvalue weighted by molar-refractivity contribution is 0.307. The Morgan fingerprint density at radius 1 is 0.950 bits per heavy atom. The zero-order valence-electron chi connectivity index (χ0n) is 12.3.